The smallest absolute Gasteiger partial charge is 0.261 e. The summed E-state index contributed by atoms with van der Waals surface area (Å²) >= 11 is 6.50. The number of imide groups is 1. The largest absolute Gasteiger partial charge is 0.495 e. The van der Waals surface area contributed by atoms with Crippen molar-refractivity contribution in [3.05, 3.63) is 146 Å². The highest BCUT2D eigenvalue weighted by molar-refractivity contribution is 6.30. The predicted molar refractivity (Wildman–Crippen MR) is 169 cm³/mol. The molecule has 0 aliphatic carbocycles. The number of nitrogens with zero attached hydrogens (tertiary/aromatic N) is 4. The number of fused-ring (bicyclic) bond motifs is 1. The van der Waals surface area contributed by atoms with E-state index in [2.05, 4.69) is 4.98 Å². The van der Waals surface area contributed by atoms with E-state index in [-0.39, 0.29) is 47.5 Å². The van der Waals surface area contributed by atoms with E-state index in [1.165, 1.54) is 23.9 Å². The van der Waals surface area contributed by atoms with Crippen molar-refractivity contribution in [2.24, 2.45) is 0 Å². The Balaban J connectivity index is 1.32. The molecule has 1 aliphatic heterocycles. The number of imidazole rings is 1. The van der Waals surface area contributed by atoms with Gasteiger partial charge in [-0.3, -0.25) is 19.3 Å². The van der Waals surface area contributed by atoms with Gasteiger partial charge < -0.3 is 13.9 Å². The Morgan fingerprint density at radius 2 is 1.60 bits per heavy atom. The minimum Gasteiger partial charge on any atom is -0.495 e. The molecule has 2 aromatic heterocycles. The van der Waals surface area contributed by atoms with Crippen molar-refractivity contribution in [1.29, 1.82) is 0 Å². The highest BCUT2D eigenvalue weighted by atomic mass is 35.5. The average Bonchev–Trinajstić information content (AvgIpc) is 3.59. The minimum absolute atomic E-state index is 0.0132. The van der Waals surface area contributed by atoms with E-state index < -0.39 is 40.9 Å². The van der Waals surface area contributed by atoms with Gasteiger partial charge >= 0.3 is 0 Å². The van der Waals surface area contributed by atoms with Crippen LogP contribution in [0, 0.1) is 24.4 Å². The summed E-state index contributed by atoms with van der Waals surface area (Å²) in [5.74, 6) is -4.83. The van der Waals surface area contributed by atoms with Gasteiger partial charge in [0, 0.05) is 30.9 Å². The van der Waals surface area contributed by atoms with Crippen molar-refractivity contribution in [2.45, 2.75) is 32.2 Å². The molecule has 6 rings (SSSR count). The van der Waals surface area contributed by atoms with E-state index in [0.717, 1.165) is 34.0 Å². The molecule has 2 amide bonds. The molecule has 0 fully saturated rings. The Kier molecular flexibility index (Phi) is 8.74. The second kappa shape index (κ2) is 12.9. The number of hydrogen-bond donors (Lipinski definition) is 0. The number of aryl methyl sites for hydroxylation is 1. The van der Waals surface area contributed by atoms with Gasteiger partial charge in [0.25, 0.3) is 17.4 Å². The summed E-state index contributed by atoms with van der Waals surface area (Å²) in [6.07, 6.45) is 5.24. The Hall–Kier alpha value is -5.16. The summed E-state index contributed by atoms with van der Waals surface area (Å²) in [5, 5.41) is 0.186. The first-order valence-corrected chi connectivity index (χ1v) is 15.1. The lowest BCUT2D eigenvalue weighted by Gasteiger charge is -2.23. The van der Waals surface area contributed by atoms with Crippen molar-refractivity contribution in [3.8, 4) is 11.4 Å². The summed E-state index contributed by atoms with van der Waals surface area (Å²) in [6, 6.07) is 14.1. The summed E-state index contributed by atoms with van der Waals surface area (Å²) in [5.41, 5.74) is 2.68. The van der Waals surface area contributed by atoms with Crippen molar-refractivity contribution in [2.75, 3.05) is 13.7 Å². The van der Waals surface area contributed by atoms with Gasteiger partial charge in [0.1, 0.15) is 5.75 Å². The standard InChI is InChI=1S/C35H28ClF3N4O4/c1-20-17-41(19-40-20)30-10-9-21(13-31(30)47-2)12-23-14-24(36)18-43(33(23)44)29(22-15-27(37)32(39)28(38)16-22)8-5-11-42-34(45)25-6-3-4-7-26(25)35(42)46/h3-4,6-7,9-10,13-19,29H,5,8,11-12H2,1-2H3. The second-order valence-electron chi connectivity index (χ2n) is 11.3. The lowest BCUT2D eigenvalue weighted by molar-refractivity contribution is 0.0650. The van der Waals surface area contributed by atoms with E-state index in [1.54, 1.807) is 36.7 Å². The number of ether oxygens (including phenoxy) is 1. The molecule has 1 aliphatic rings. The van der Waals surface area contributed by atoms with Gasteiger partial charge in [-0.05, 0) is 73.4 Å². The Morgan fingerprint density at radius 3 is 2.21 bits per heavy atom. The number of hydrogen-bond acceptors (Lipinski definition) is 5. The molecule has 1 atom stereocenters. The van der Waals surface area contributed by atoms with Crippen molar-refractivity contribution < 1.29 is 27.5 Å². The molecule has 0 saturated carbocycles. The van der Waals surface area contributed by atoms with Crippen LogP contribution < -0.4 is 10.3 Å². The van der Waals surface area contributed by atoms with Crippen LogP contribution in [0.1, 0.15) is 62.0 Å². The number of benzene rings is 3. The Bertz CT molecular complexity index is 2040. The van der Waals surface area contributed by atoms with Crippen LogP contribution in [-0.2, 0) is 6.42 Å². The molecule has 0 radical (unpaired) electrons. The van der Waals surface area contributed by atoms with Crippen molar-refractivity contribution >= 4 is 23.4 Å². The monoisotopic (exact) mass is 660 g/mol. The summed E-state index contributed by atoms with van der Waals surface area (Å²) in [4.78, 5) is 45.1. The number of carbonyl (C=O) groups is 2. The first-order valence-electron chi connectivity index (χ1n) is 14.7. The van der Waals surface area contributed by atoms with Crippen LogP contribution in [0.25, 0.3) is 5.69 Å². The zero-order chi connectivity index (χ0) is 33.4. The molecule has 0 bridgehead atoms. The molecule has 0 saturated heterocycles. The maximum atomic E-state index is 14.5. The van der Waals surface area contributed by atoms with Crippen LogP contribution in [-0.4, -0.2) is 44.5 Å². The number of halogens is 4. The molecular weight excluding hydrogens is 633 g/mol. The van der Waals surface area contributed by atoms with Gasteiger partial charge in [-0.15, -0.1) is 0 Å². The number of aromatic nitrogens is 3. The molecular formula is C35H28ClF3N4O4. The number of methoxy groups -OCH3 is 1. The van der Waals surface area contributed by atoms with Crippen LogP contribution in [0.3, 0.4) is 0 Å². The normalized spacial score (nSPS) is 13.3. The van der Waals surface area contributed by atoms with Crippen LogP contribution in [0.4, 0.5) is 13.2 Å². The number of pyridine rings is 1. The second-order valence-corrected chi connectivity index (χ2v) is 11.7. The van der Waals surface area contributed by atoms with E-state index in [0.29, 0.717) is 11.3 Å². The first kappa shape index (κ1) is 31.8. The summed E-state index contributed by atoms with van der Waals surface area (Å²) in [7, 11) is 1.53. The topological polar surface area (TPSA) is 86.4 Å². The molecule has 0 spiro atoms. The highest BCUT2D eigenvalue weighted by Gasteiger charge is 2.35. The third kappa shape index (κ3) is 6.18. The highest BCUT2D eigenvalue weighted by Crippen LogP contribution is 2.30. The zero-order valence-electron chi connectivity index (χ0n) is 25.3. The average molecular weight is 661 g/mol. The zero-order valence-corrected chi connectivity index (χ0v) is 26.1. The predicted octanol–water partition coefficient (Wildman–Crippen LogP) is 6.68. The van der Waals surface area contributed by atoms with E-state index in [1.807, 2.05) is 29.8 Å². The van der Waals surface area contributed by atoms with Gasteiger partial charge in [-0.1, -0.05) is 29.8 Å². The molecule has 3 aromatic carbocycles. The van der Waals surface area contributed by atoms with Crippen molar-refractivity contribution in [1.82, 2.24) is 19.0 Å². The minimum atomic E-state index is -1.64. The lowest BCUT2D eigenvalue weighted by atomic mass is 9.99. The fraction of sp³-hybridized carbons (Fsp3) is 0.200. The summed E-state index contributed by atoms with van der Waals surface area (Å²) < 4.78 is 51.6. The number of amides is 2. The molecule has 0 N–H and O–H groups in total. The Morgan fingerprint density at radius 1 is 0.915 bits per heavy atom. The first-order chi connectivity index (χ1) is 22.5. The fourth-order valence-electron chi connectivity index (χ4n) is 5.92. The van der Waals surface area contributed by atoms with Gasteiger partial charge in [-0.2, -0.15) is 0 Å². The van der Waals surface area contributed by atoms with Crippen LogP contribution >= 0.6 is 11.6 Å². The molecule has 47 heavy (non-hydrogen) atoms. The van der Waals surface area contributed by atoms with Crippen LogP contribution in [0.2, 0.25) is 5.02 Å². The quantitative estimate of drug-likeness (QED) is 0.123. The Labute approximate surface area is 272 Å². The molecule has 3 heterocycles. The SMILES string of the molecule is COc1cc(Cc2cc(Cl)cn(C(CCCN3C(=O)c4ccccc4C3=O)c3cc(F)c(F)c(F)c3)c2=O)ccc1-n1cnc(C)c1. The van der Waals surface area contributed by atoms with Gasteiger partial charge in [0.05, 0.1) is 47.0 Å². The molecule has 5 aromatic rings. The van der Waals surface area contributed by atoms with Gasteiger partial charge in [0.15, 0.2) is 17.5 Å². The van der Waals surface area contributed by atoms with Crippen LogP contribution in [0.5, 0.6) is 5.75 Å². The third-order valence-electron chi connectivity index (χ3n) is 8.18. The van der Waals surface area contributed by atoms with Gasteiger partial charge in [-0.25, -0.2) is 18.2 Å². The number of carbonyl (C=O) groups excluding carboxylic acids is 2. The lowest BCUT2D eigenvalue weighted by Crippen LogP contribution is -2.32. The van der Waals surface area contributed by atoms with E-state index in [9.17, 15) is 27.6 Å². The maximum absolute atomic E-state index is 14.5. The molecule has 8 nitrogen and oxygen atoms in total. The molecule has 1 unspecified atom stereocenters. The maximum Gasteiger partial charge on any atom is 0.261 e. The number of rotatable bonds is 10. The van der Waals surface area contributed by atoms with Crippen LogP contribution in [0.15, 0.2) is 84.2 Å². The fourth-order valence-corrected chi connectivity index (χ4v) is 6.15. The van der Waals surface area contributed by atoms with E-state index in [4.69, 9.17) is 16.3 Å². The van der Waals surface area contributed by atoms with E-state index >= 15 is 0 Å². The molecule has 12 heteroatoms. The van der Waals surface area contributed by atoms with Crippen molar-refractivity contribution in [3.63, 3.8) is 0 Å². The van der Waals surface area contributed by atoms with Gasteiger partial charge in [0.2, 0.25) is 0 Å². The summed E-state index contributed by atoms with van der Waals surface area (Å²) in [6.45, 7) is 1.85. The third-order valence-corrected chi connectivity index (χ3v) is 8.38. The molecule has 240 valence electrons.